The average molecular weight is 416 g/mol. The lowest BCUT2D eigenvalue weighted by Gasteiger charge is -2.26. The molecule has 0 atom stereocenters. The second-order valence-corrected chi connectivity index (χ2v) is 8.66. The van der Waals surface area contributed by atoms with Crippen LogP contribution in [0.1, 0.15) is 25.8 Å². The van der Waals surface area contributed by atoms with Crippen LogP contribution in [-0.2, 0) is 13.6 Å². The van der Waals surface area contributed by atoms with Gasteiger partial charge in [-0.3, -0.25) is 9.13 Å². The van der Waals surface area contributed by atoms with Gasteiger partial charge in [0, 0.05) is 36.3 Å². The molecular formula is C22H23F3N4O. The first-order chi connectivity index (χ1) is 14.0. The number of fused-ring (bicyclic) bond motifs is 2. The third-order valence-electron chi connectivity index (χ3n) is 5.43. The highest BCUT2D eigenvalue weighted by Gasteiger charge is 2.37. The quantitative estimate of drug-likeness (QED) is 0.499. The van der Waals surface area contributed by atoms with Crippen molar-refractivity contribution in [2.75, 3.05) is 0 Å². The first-order valence-corrected chi connectivity index (χ1v) is 9.66. The van der Waals surface area contributed by atoms with E-state index in [0.29, 0.717) is 16.9 Å². The van der Waals surface area contributed by atoms with E-state index in [1.54, 1.807) is 19.2 Å². The van der Waals surface area contributed by atoms with Gasteiger partial charge in [-0.2, -0.15) is 13.2 Å². The number of hydrogen-bond acceptors (Lipinski definition) is 2. The summed E-state index contributed by atoms with van der Waals surface area (Å²) >= 11 is 0. The van der Waals surface area contributed by atoms with Gasteiger partial charge < -0.3 is 4.98 Å². The Hall–Kier alpha value is -3.03. The molecular weight excluding hydrogens is 393 g/mol. The highest BCUT2D eigenvalue weighted by molar-refractivity contribution is 5.88. The Morgan fingerprint density at radius 3 is 2.57 bits per heavy atom. The van der Waals surface area contributed by atoms with Gasteiger partial charge in [0.05, 0.1) is 17.6 Å². The molecule has 30 heavy (non-hydrogen) atoms. The number of halogens is 3. The van der Waals surface area contributed by atoms with E-state index in [9.17, 15) is 18.0 Å². The lowest BCUT2D eigenvalue weighted by molar-refractivity contribution is -0.155. The number of rotatable bonds is 4. The Morgan fingerprint density at radius 1 is 1.13 bits per heavy atom. The molecule has 0 amide bonds. The summed E-state index contributed by atoms with van der Waals surface area (Å²) in [4.78, 5) is 20.6. The Labute approximate surface area is 171 Å². The predicted molar refractivity (Wildman–Crippen MR) is 111 cm³/mol. The summed E-state index contributed by atoms with van der Waals surface area (Å²) in [7, 11) is 1.59. The fourth-order valence-corrected chi connectivity index (χ4v) is 4.03. The van der Waals surface area contributed by atoms with E-state index in [2.05, 4.69) is 9.97 Å². The molecule has 4 aromatic rings. The van der Waals surface area contributed by atoms with Crippen LogP contribution >= 0.6 is 0 Å². The van der Waals surface area contributed by atoms with Crippen molar-refractivity contribution < 1.29 is 13.2 Å². The molecule has 4 rings (SSSR count). The molecule has 1 aromatic carbocycles. The third kappa shape index (κ3) is 3.62. The first-order valence-electron chi connectivity index (χ1n) is 9.66. The first kappa shape index (κ1) is 20.3. The standard InChI is InChI=1S/C22H23F3N4O/c1-13-10-26-17-6-5-14(9-15(13)17)16-7-8-18-19(27-16)28(4)20(30)29(18)12-21(2,3)11-22(23,24)25/h5-10,26H,11-12H2,1-4H3. The zero-order valence-electron chi connectivity index (χ0n) is 17.3. The lowest BCUT2D eigenvalue weighted by Crippen LogP contribution is -2.32. The van der Waals surface area contributed by atoms with Crippen LogP contribution in [0.4, 0.5) is 13.2 Å². The van der Waals surface area contributed by atoms with Crippen molar-refractivity contribution in [2.45, 2.75) is 39.9 Å². The monoisotopic (exact) mass is 416 g/mol. The van der Waals surface area contributed by atoms with Crippen molar-refractivity contribution in [3.63, 3.8) is 0 Å². The number of aryl methyl sites for hydroxylation is 2. The van der Waals surface area contributed by atoms with Crippen LogP contribution in [0.25, 0.3) is 33.3 Å². The van der Waals surface area contributed by atoms with E-state index in [4.69, 9.17) is 0 Å². The smallest absolute Gasteiger partial charge is 0.361 e. The lowest BCUT2D eigenvalue weighted by atomic mass is 9.89. The molecule has 0 aliphatic rings. The molecule has 0 aliphatic carbocycles. The summed E-state index contributed by atoms with van der Waals surface area (Å²) in [6.07, 6.45) is -3.32. The number of alkyl halides is 3. The number of aromatic amines is 1. The highest BCUT2D eigenvalue weighted by atomic mass is 19.4. The molecule has 0 spiro atoms. The topological polar surface area (TPSA) is 55.6 Å². The number of nitrogens with zero attached hydrogens (tertiary/aromatic N) is 3. The molecule has 5 nitrogen and oxygen atoms in total. The normalized spacial score (nSPS) is 12.9. The Morgan fingerprint density at radius 2 is 1.87 bits per heavy atom. The Balaban J connectivity index is 1.78. The molecule has 0 saturated heterocycles. The maximum Gasteiger partial charge on any atom is 0.389 e. The summed E-state index contributed by atoms with van der Waals surface area (Å²) in [6, 6.07) is 9.54. The fourth-order valence-electron chi connectivity index (χ4n) is 4.03. The molecule has 0 bridgehead atoms. The van der Waals surface area contributed by atoms with Crippen molar-refractivity contribution in [3.05, 3.63) is 52.6 Å². The molecule has 3 aromatic heterocycles. The van der Waals surface area contributed by atoms with Gasteiger partial charge in [0.1, 0.15) is 0 Å². The van der Waals surface area contributed by atoms with Crippen LogP contribution in [0.3, 0.4) is 0 Å². The maximum atomic E-state index is 12.9. The minimum absolute atomic E-state index is 0.0434. The van der Waals surface area contributed by atoms with Crippen molar-refractivity contribution in [1.29, 1.82) is 0 Å². The van der Waals surface area contributed by atoms with E-state index < -0.39 is 18.0 Å². The van der Waals surface area contributed by atoms with E-state index in [0.717, 1.165) is 22.0 Å². The maximum absolute atomic E-state index is 12.9. The largest absolute Gasteiger partial charge is 0.389 e. The number of imidazole rings is 1. The summed E-state index contributed by atoms with van der Waals surface area (Å²) < 4.78 is 41.5. The summed E-state index contributed by atoms with van der Waals surface area (Å²) in [5.74, 6) is 0. The van der Waals surface area contributed by atoms with Gasteiger partial charge in [-0.15, -0.1) is 0 Å². The van der Waals surface area contributed by atoms with Gasteiger partial charge in [-0.1, -0.05) is 19.9 Å². The van der Waals surface area contributed by atoms with Crippen molar-refractivity contribution in [2.24, 2.45) is 12.5 Å². The van der Waals surface area contributed by atoms with Gasteiger partial charge in [-0.25, -0.2) is 9.78 Å². The minimum Gasteiger partial charge on any atom is -0.361 e. The van der Waals surface area contributed by atoms with Crippen molar-refractivity contribution >= 4 is 22.1 Å². The average Bonchev–Trinajstić information content (AvgIpc) is 3.12. The second-order valence-electron chi connectivity index (χ2n) is 8.66. The van der Waals surface area contributed by atoms with Crippen molar-refractivity contribution in [3.8, 4) is 11.3 Å². The predicted octanol–water partition coefficient (Wildman–Crippen LogP) is 5.17. The van der Waals surface area contributed by atoms with Gasteiger partial charge in [0.2, 0.25) is 0 Å². The van der Waals surface area contributed by atoms with E-state index in [-0.39, 0.29) is 12.2 Å². The molecule has 0 aliphatic heterocycles. The number of H-pyrrole nitrogens is 1. The number of aromatic nitrogens is 4. The molecule has 0 saturated carbocycles. The van der Waals surface area contributed by atoms with Crippen LogP contribution in [0.15, 0.2) is 41.3 Å². The van der Waals surface area contributed by atoms with Gasteiger partial charge in [0.15, 0.2) is 5.65 Å². The molecule has 158 valence electrons. The Bertz CT molecular complexity index is 1310. The van der Waals surface area contributed by atoms with E-state index in [1.807, 2.05) is 31.3 Å². The molecule has 3 heterocycles. The van der Waals surface area contributed by atoms with E-state index >= 15 is 0 Å². The zero-order chi connectivity index (χ0) is 21.8. The SMILES string of the molecule is Cc1c[nH]c2ccc(-c3ccc4c(n3)n(C)c(=O)n4CC(C)(C)CC(F)(F)F)cc12. The summed E-state index contributed by atoms with van der Waals surface area (Å²) in [5.41, 5.74) is 3.25. The third-order valence-corrected chi connectivity index (χ3v) is 5.43. The number of benzene rings is 1. The summed E-state index contributed by atoms with van der Waals surface area (Å²) in [6.45, 7) is 5.01. The zero-order valence-corrected chi connectivity index (χ0v) is 17.3. The molecule has 0 radical (unpaired) electrons. The van der Waals surface area contributed by atoms with E-state index in [1.165, 1.54) is 23.0 Å². The van der Waals surface area contributed by atoms with Gasteiger partial charge >= 0.3 is 11.9 Å². The molecule has 0 unspecified atom stereocenters. The fraction of sp³-hybridized carbons (Fsp3) is 0.364. The molecule has 8 heteroatoms. The van der Waals surface area contributed by atoms with Crippen LogP contribution in [0.5, 0.6) is 0 Å². The number of pyridine rings is 1. The minimum atomic E-state index is -4.29. The second kappa shape index (κ2) is 6.75. The van der Waals surface area contributed by atoms with Crippen LogP contribution in [-0.4, -0.2) is 25.3 Å². The van der Waals surface area contributed by atoms with Gasteiger partial charge in [-0.05, 0) is 42.2 Å². The molecule has 0 fully saturated rings. The number of nitrogens with one attached hydrogen (secondary N) is 1. The van der Waals surface area contributed by atoms with Crippen LogP contribution in [0, 0.1) is 12.3 Å². The van der Waals surface area contributed by atoms with Gasteiger partial charge in [0.25, 0.3) is 0 Å². The highest BCUT2D eigenvalue weighted by Crippen LogP contribution is 2.35. The van der Waals surface area contributed by atoms with Crippen molar-refractivity contribution in [1.82, 2.24) is 19.1 Å². The number of hydrogen-bond donors (Lipinski definition) is 1. The van der Waals surface area contributed by atoms with Crippen LogP contribution in [0.2, 0.25) is 0 Å². The molecule has 1 N–H and O–H groups in total. The van der Waals surface area contributed by atoms with Crippen LogP contribution < -0.4 is 5.69 Å². The Kier molecular flexibility index (Phi) is 4.56. The summed E-state index contributed by atoms with van der Waals surface area (Å²) in [5, 5.41) is 1.09.